The maximum absolute atomic E-state index is 12.2. The first-order valence-corrected chi connectivity index (χ1v) is 8.75. The van der Waals surface area contributed by atoms with Gasteiger partial charge >= 0.3 is 5.69 Å². The van der Waals surface area contributed by atoms with Crippen LogP contribution in [-0.4, -0.2) is 52.4 Å². The Morgan fingerprint density at radius 1 is 1.39 bits per heavy atom. The zero-order valence-electron chi connectivity index (χ0n) is 14.7. The highest BCUT2D eigenvalue weighted by molar-refractivity contribution is 5.79. The number of aliphatic imine (C=N–C) groups is 1. The molecule has 0 radical (unpaired) electrons. The largest absolute Gasteiger partial charge is 0.356 e. The van der Waals surface area contributed by atoms with Gasteiger partial charge in [-0.3, -0.25) is 9.56 Å². The molecule has 0 atom stereocenters. The van der Waals surface area contributed by atoms with Crippen LogP contribution in [0.5, 0.6) is 0 Å². The summed E-state index contributed by atoms with van der Waals surface area (Å²) in [6, 6.07) is 0. The van der Waals surface area contributed by atoms with Crippen molar-refractivity contribution in [3.63, 3.8) is 0 Å². The molecule has 7 heteroatoms. The van der Waals surface area contributed by atoms with Crippen molar-refractivity contribution in [1.29, 1.82) is 0 Å². The van der Waals surface area contributed by atoms with E-state index < -0.39 is 0 Å². The third-order valence-electron chi connectivity index (χ3n) is 4.28. The lowest BCUT2D eigenvalue weighted by Gasteiger charge is -2.21. The molecule has 1 aliphatic rings. The number of fused-ring (bicyclic) bond motifs is 1. The van der Waals surface area contributed by atoms with E-state index in [2.05, 4.69) is 34.3 Å². The quantitative estimate of drug-likeness (QED) is 0.463. The molecular weight excluding hydrogens is 292 g/mol. The van der Waals surface area contributed by atoms with E-state index in [1.165, 1.54) is 6.42 Å². The van der Waals surface area contributed by atoms with E-state index in [1.807, 2.05) is 4.57 Å². The van der Waals surface area contributed by atoms with Gasteiger partial charge in [0.05, 0.1) is 0 Å². The van der Waals surface area contributed by atoms with Gasteiger partial charge in [-0.2, -0.15) is 5.10 Å². The van der Waals surface area contributed by atoms with Crippen LogP contribution in [0, 0.1) is 0 Å². The maximum Gasteiger partial charge on any atom is 0.345 e. The zero-order chi connectivity index (χ0) is 16.7. The van der Waals surface area contributed by atoms with Crippen molar-refractivity contribution in [3.8, 4) is 0 Å². The molecule has 0 fully saturated rings. The second-order valence-corrected chi connectivity index (χ2v) is 6.13. The van der Waals surface area contributed by atoms with Crippen LogP contribution in [-0.2, 0) is 19.5 Å². The third-order valence-corrected chi connectivity index (χ3v) is 4.28. The molecule has 0 spiro atoms. The van der Waals surface area contributed by atoms with Gasteiger partial charge in [0.15, 0.2) is 5.96 Å². The summed E-state index contributed by atoms with van der Waals surface area (Å²) in [5.74, 6) is 1.86. The van der Waals surface area contributed by atoms with Crippen LogP contribution in [0.25, 0.3) is 0 Å². The molecule has 2 rings (SSSR count). The molecule has 1 aromatic rings. The lowest BCUT2D eigenvalue weighted by Crippen LogP contribution is -2.40. The highest BCUT2D eigenvalue weighted by atomic mass is 16.2. The number of unbranched alkanes of at least 4 members (excludes halogenated alkanes) is 1. The van der Waals surface area contributed by atoms with Gasteiger partial charge in [0.25, 0.3) is 0 Å². The monoisotopic (exact) mass is 322 g/mol. The van der Waals surface area contributed by atoms with Gasteiger partial charge in [0, 0.05) is 46.7 Å². The minimum Gasteiger partial charge on any atom is -0.356 e. The zero-order valence-corrected chi connectivity index (χ0v) is 14.7. The lowest BCUT2D eigenvalue weighted by atomic mass is 10.2. The molecule has 7 nitrogen and oxygen atoms in total. The second kappa shape index (κ2) is 8.74. The van der Waals surface area contributed by atoms with Crippen LogP contribution in [0.2, 0.25) is 0 Å². The van der Waals surface area contributed by atoms with E-state index in [4.69, 9.17) is 0 Å². The number of aromatic nitrogens is 3. The molecule has 0 bridgehead atoms. The van der Waals surface area contributed by atoms with E-state index in [1.54, 1.807) is 11.7 Å². The van der Waals surface area contributed by atoms with Crippen molar-refractivity contribution in [2.24, 2.45) is 4.99 Å². The molecule has 1 aliphatic heterocycles. The van der Waals surface area contributed by atoms with E-state index >= 15 is 0 Å². The molecule has 0 unspecified atom stereocenters. The molecular formula is C16H30N6O. The summed E-state index contributed by atoms with van der Waals surface area (Å²) in [6.07, 6.45) is 6.34. The topological polar surface area (TPSA) is 67.5 Å². The van der Waals surface area contributed by atoms with Gasteiger partial charge in [0.1, 0.15) is 5.82 Å². The number of guanidine groups is 1. The van der Waals surface area contributed by atoms with Crippen LogP contribution in [0.15, 0.2) is 9.79 Å². The van der Waals surface area contributed by atoms with Crippen LogP contribution < -0.4 is 11.0 Å². The Hall–Kier alpha value is -1.79. The molecule has 1 N–H and O–H groups in total. The molecule has 0 saturated heterocycles. The van der Waals surface area contributed by atoms with Crippen LogP contribution in [0.3, 0.4) is 0 Å². The summed E-state index contributed by atoms with van der Waals surface area (Å²) in [5.41, 5.74) is 0.0455. The summed E-state index contributed by atoms with van der Waals surface area (Å²) in [7, 11) is 3.86. The van der Waals surface area contributed by atoms with E-state index in [-0.39, 0.29) is 5.69 Å². The van der Waals surface area contributed by atoms with Crippen molar-refractivity contribution >= 4 is 5.96 Å². The second-order valence-electron chi connectivity index (χ2n) is 6.13. The Morgan fingerprint density at radius 3 is 2.91 bits per heavy atom. The average molecular weight is 322 g/mol. The Balaban J connectivity index is 1.79. The molecule has 23 heavy (non-hydrogen) atoms. The molecule has 0 aliphatic carbocycles. The molecule has 0 aromatic carbocycles. The number of hydrogen-bond acceptors (Lipinski definition) is 3. The number of aryl methyl sites for hydroxylation is 2. The SMILES string of the molecule is CCCCN(C)C(=NC)NCCCn1nc2n(c1=O)CCCC2. The fraction of sp³-hybridized carbons (Fsp3) is 0.812. The van der Waals surface area contributed by atoms with Crippen molar-refractivity contribution < 1.29 is 0 Å². The third kappa shape index (κ3) is 4.59. The molecule has 2 heterocycles. The summed E-state index contributed by atoms with van der Waals surface area (Å²) in [6.45, 7) is 5.45. The minimum atomic E-state index is 0.0455. The summed E-state index contributed by atoms with van der Waals surface area (Å²) >= 11 is 0. The molecule has 0 amide bonds. The Kier molecular flexibility index (Phi) is 6.67. The predicted molar refractivity (Wildman–Crippen MR) is 92.9 cm³/mol. The average Bonchev–Trinajstić information content (AvgIpc) is 2.89. The van der Waals surface area contributed by atoms with Crippen LogP contribution in [0.1, 0.15) is 44.9 Å². The summed E-state index contributed by atoms with van der Waals surface area (Å²) < 4.78 is 3.44. The Morgan fingerprint density at radius 2 is 2.22 bits per heavy atom. The van der Waals surface area contributed by atoms with Gasteiger partial charge in [-0.15, -0.1) is 0 Å². The Bertz CT molecular complexity index is 574. The van der Waals surface area contributed by atoms with Gasteiger partial charge in [-0.25, -0.2) is 9.48 Å². The molecule has 130 valence electrons. The minimum absolute atomic E-state index is 0.0455. The fourth-order valence-corrected chi connectivity index (χ4v) is 2.91. The van der Waals surface area contributed by atoms with Crippen molar-refractivity contribution in [3.05, 3.63) is 16.3 Å². The van der Waals surface area contributed by atoms with Gasteiger partial charge in [-0.05, 0) is 25.7 Å². The maximum atomic E-state index is 12.2. The van der Waals surface area contributed by atoms with Crippen molar-refractivity contribution in [2.75, 3.05) is 27.2 Å². The molecule has 1 aromatic heterocycles. The first kappa shape index (κ1) is 17.6. The number of hydrogen-bond donors (Lipinski definition) is 1. The normalized spacial score (nSPS) is 14.7. The van der Waals surface area contributed by atoms with Crippen LogP contribution >= 0.6 is 0 Å². The summed E-state index contributed by atoms with van der Waals surface area (Å²) in [4.78, 5) is 18.7. The predicted octanol–water partition coefficient (Wildman–Crippen LogP) is 1.08. The highest BCUT2D eigenvalue weighted by Gasteiger charge is 2.16. The van der Waals surface area contributed by atoms with Crippen molar-refractivity contribution in [2.45, 2.75) is 58.5 Å². The lowest BCUT2D eigenvalue weighted by molar-refractivity contribution is 0.459. The van der Waals surface area contributed by atoms with E-state index in [0.29, 0.717) is 6.54 Å². The Labute approximate surface area is 138 Å². The van der Waals surface area contributed by atoms with Gasteiger partial charge in [-0.1, -0.05) is 13.3 Å². The standard InChI is InChI=1S/C16H30N6O/c1-4-5-11-20(3)15(17-2)18-10-8-13-22-16(23)21-12-7-6-9-14(21)19-22/h4-13H2,1-3H3,(H,17,18). The number of rotatable bonds is 7. The van der Waals surface area contributed by atoms with Crippen LogP contribution in [0.4, 0.5) is 0 Å². The first-order chi connectivity index (χ1) is 11.2. The van der Waals surface area contributed by atoms with Gasteiger partial charge in [0.2, 0.25) is 0 Å². The van der Waals surface area contributed by atoms with Gasteiger partial charge < -0.3 is 10.2 Å². The van der Waals surface area contributed by atoms with Crippen molar-refractivity contribution in [1.82, 2.24) is 24.6 Å². The van der Waals surface area contributed by atoms with E-state index in [0.717, 1.165) is 63.5 Å². The van der Waals surface area contributed by atoms with E-state index in [9.17, 15) is 4.79 Å². The number of nitrogens with zero attached hydrogens (tertiary/aromatic N) is 5. The smallest absolute Gasteiger partial charge is 0.345 e. The fourth-order valence-electron chi connectivity index (χ4n) is 2.91. The first-order valence-electron chi connectivity index (χ1n) is 8.75. The highest BCUT2D eigenvalue weighted by Crippen LogP contribution is 2.09. The number of nitrogens with one attached hydrogen (secondary N) is 1. The molecule has 0 saturated carbocycles. The summed E-state index contributed by atoms with van der Waals surface area (Å²) in [5, 5.41) is 7.82.